The van der Waals surface area contributed by atoms with Gasteiger partial charge in [0.05, 0.1) is 6.61 Å². The summed E-state index contributed by atoms with van der Waals surface area (Å²) < 4.78 is 6.05. The molecule has 0 aliphatic carbocycles. The maximum Gasteiger partial charge on any atom is 0.352 e. The van der Waals surface area contributed by atoms with Crippen LogP contribution in [-0.2, 0) is 6.42 Å². The highest BCUT2D eigenvalue weighted by Gasteiger charge is 2.17. The van der Waals surface area contributed by atoms with Crippen LogP contribution < -0.4 is 4.74 Å². The van der Waals surface area contributed by atoms with Gasteiger partial charge in [0.1, 0.15) is 11.4 Å². The molecule has 1 heterocycles. The summed E-state index contributed by atoms with van der Waals surface area (Å²) in [5.41, 5.74) is 4.09. The Bertz CT molecular complexity index is 1400. The molecular formula is C28H23NO3. The summed E-state index contributed by atoms with van der Waals surface area (Å²) in [7, 11) is 0. The number of aromatic amines is 1. The number of aryl methyl sites for hydroxylation is 1. The second kappa shape index (κ2) is 8.60. The first-order valence-electron chi connectivity index (χ1n) is 10.7. The lowest BCUT2D eigenvalue weighted by molar-refractivity contribution is 0.0690. The molecule has 4 heteroatoms. The molecule has 1 aromatic heterocycles. The van der Waals surface area contributed by atoms with Gasteiger partial charge in [-0.2, -0.15) is 0 Å². The summed E-state index contributed by atoms with van der Waals surface area (Å²) in [4.78, 5) is 15.0. The molecule has 0 unspecified atom stereocenters. The standard InChI is InChI=1S/C28H23NO3/c30-28(31)27-24(13-7-17-32-26-14-6-11-20-10-4-5-12-22(20)26)23-16-15-21(18-25(23)29-27)19-8-2-1-3-9-19/h1-6,8-12,14-16,18,29H,7,13,17H2,(H,30,31). The lowest BCUT2D eigenvalue weighted by Crippen LogP contribution is -2.04. The Labute approximate surface area is 186 Å². The number of benzene rings is 4. The zero-order valence-electron chi connectivity index (χ0n) is 17.5. The molecule has 0 aliphatic heterocycles. The Morgan fingerprint density at radius 2 is 1.59 bits per heavy atom. The zero-order valence-corrected chi connectivity index (χ0v) is 17.5. The third-order valence-electron chi connectivity index (χ3n) is 5.81. The number of rotatable bonds is 7. The molecule has 0 aliphatic rings. The fraction of sp³-hybridized carbons (Fsp3) is 0.107. The first-order chi connectivity index (χ1) is 15.7. The molecule has 0 spiro atoms. The van der Waals surface area contributed by atoms with Crippen molar-refractivity contribution in [1.82, 2.24) is 4.98 Å². The van der Waals surface area contributed by atoms with Gasteiger partial charge in [0.25, 0.3) is 0 Å². The summed E-state index contributed by atoms with van der Waals surface area (Å²) >= 11 is 0. The van der Waals surface area contributed by atoms with Crippen molar-refractivity contribution in [2.75, 3.05) is 6.61 Å². The van der Waals surface area contributed by atoms with E-state index in [9.17, 15) is 9.90 Å². The maximum absolute atomic E-state index is 11.9. The number of aromatic nitrogens is 1. The van der Waals surface area contributed by atoms with E-state index in [1.807, 2.05) is 72.8 Å². The predicted octanol–water partition coefficient (Wildman–Crippen LogP) is 6.70. The van der Waals surface area contributed by atoms with E-state index >= 15 is 0 Å². The molecule has 0 atom stereocenters. The fourth-order valence-corrected chi connectivity index (χ4v) is 4.26. The van der Waals surface area contributed by atoms with Crippen molar-refractivity contribution in [1.29, 1.82) is 0 Å². The van der Waals surface area contributed by atoms with Gasteiger partial charge in [-0.25, -0.2) is 4.79 Å². The molecule has 0 amide bonds. The second-order valence-corrected chi connectivity index (χ2v) is 7.84. The molecule has 32 heavy (non-hydrogen) atoms. The summed E-state index contributed by atoms with van der Waals surface area (Å²) in [6.45, 7) is 0.516. The van der Waals surface area contributed by atoms with Crippen LogP contribution in [0.4, 0.5) is 0 Å². The van der Waals surface area contributed by atoms with E-state index in [0.29, 0.717) is 13.0 Å². The highest BCUT2D eigenvalue weighted by molar-refractivity contribution is 5.98. The van der Waals surface area contributed by atoms with E-state index in [2.05, 4.69) is 23.2 Å². The summed E-state index contributed by atoms with van der Waals surface area (Å²) in [5.74, 6) is -0.0829. The summed E-state index contributed by atoms with van der Waals surface area (Å²) in [6, 6.07) is 30.3. The zero-order chi connectivity index (χ0) is 21.9. The van der Waals surface area contributed by atoms with Gasteiger partial charge in [-0.1, -0.05) is 78.9 Å². The molecule has 158 valence electrons. The van der Waals surface area contributed by atoms with Crippen LogP contribution in [0.2, 0.25) is 0 Å². The van der Waals surface area contributed by atoms with Crippen molar-refractivity contribution >= 4 is 27.6 Å². The molecule has 0 fully saturated rings. The topological polar surface area (TPSA) is 62.3 Å². The van der Waals surface area contributed by atoms with E-state index in [-0.39, 0.29) is 5.69 Å². The van der Waals surface area contributed by atoms with Crippen molar-refractivity contribution in [3.63, 3.8) is 0 Å². The van der Waals surface area contributed by atoms with Crippen molar-refractivity contribution in [2.24, 2.45) is 0 Å². The second-order valence-electron chi connectivity index (χ2n) is 7.84. The highest BCUT2D eigenvalue weighted by Crippen LogP contribution is 2.30. The van der Waals surface area contributed by atoms with Crippen molar-refractivity contribution in [3.05, 3.63) is 102 Å². The van der Waals surface area contributed by atoms with Crippen molar-refractivity contribution in [2.45, 2.75) is 12.8 Å². The lowest BCUT2D eigenvalue weighted by atomic mass is 10.0. The van der Waals surface area contributed by atoms with Gasteiger partial charge >= 0.3 is 5.97 Å². The Hall–Kier alpha value is -4.05. The Morgan fingerprint density at radius 1 is 0.812 bits per heavy atom. The molecule has 5 rings (SSSR count). The van der Waals surface area contributed by atoms with Gasteiger partial charge < -0.3 is 14.8 Å². The van der Waals surface area contributed by atoms with Crippen LogP contribution in [0.3, 0.4) is 0 Å². The number of carboxylic acid groups (broad SMARTS) is 1. The Balaban J connectivity index is 1.36. The quantitative estimate of drug-likeness (QED) is 0.288. The molecule has 4 aromatic carbocycles. The average molecular weight is 421 g/mol. The van der Waals surface area contributed by atoms with Crippen LogP contribution in [0, 0.1) is 0 Å². The number of H-pyrrole nitrogens is 1. The SMILES string of the molecule is O=C(O)c1[nH]c2cc(-c3ccccc3)ccc2c1CCCOc1cccc2ccccc12. The summed E-state index contributed by atoms with van der Waals surface area (Å²) in [5, 5.41) is 12.9. The molecule has 0 radical (unpaired) electrons. The van der Waals surface area contributed by atoms with E-state index in [0.717, 1.165) is 50.5 Å². The minimum absolute atomic E-state index is 0.260. The first kappa shape index (κ1) is 19.9. The third kappa shape index (κ3) is 3.83. The van der Waals surface area contributed by atoms with Crippen molar-refractivity contribution < 1.29 is 14.6 Å². The number of hydrogen-bond donors (Lipinski definition) is 2. The number of carbonyl (C=O) groups is 1. The number of fused-ring (bicyclic) bond motifs is 2. The van der Waals surface area contributed by atoms with Crippen molar-refractivity contribution in [3.8, 4) is 16.9 Å². The number of nitrogens with one attached hydrogen (secondary N) is 1. The highest BCUT2D eigenvalue weighted by atomic mass is 16.5. The summed E-state index contributed by atoms with van der Waals surface area (Å²) in [6.07, 6.45) is 1.34. The number of ether oxygens (including phenoxy) is 1. The van der Waals surface area contributed by atoms with Crippen LogP contribution in [0.25, 0.3) is 32.8 Å². The van der Waals surface area contributed by atoms with Crippen LogP contribution in [0.15, 0.2) is 91.0 Å². The predicted molar refractivity (Wildman–Crippen MR) is 128 cm³/mol. The smallest absolute Gasteiger partial charge is 0.352 e. The molecule has 4 nitrogen and oxygen atoms in total. The Kier molecular flexibility index (Phi) is 5.34. The number of hydrogen-bond acceptors (Lipinski definition) is 2. The molecule has 0 saturated heterocycles. The maximum atomic E-state index is 11.9. The van der Waals surface area contributed by atoms with E-state index in [1.54, 1.807) is 0 Å². The largest absolute Gasteiger partial charge is 0.493 e. The first-order valence-corrected chi connectivity index (χ1v) is 10.7. The van der Waals surface area contributed by atoms with E-state index in [1.165, 1.54) is 0 Å². The normalized spacial score (nSPS) is 11.1. The van der Waals surface area contributed by atoms with Gasteiger partial charge in [-0.3, -0.25) is 0 Å². The monoisotopic (exact) mass is 421 g/mol. The third-order valence-corrected chi connectivity index (χ3v) is 5.81. The van der Waals surface area contributed by atoms with Crippen LogP contribution in [0.1, 0.15) is 22.5 Å². The fourth-order valence-electron chi connectivity index (χ4n) is 4.26. The molecule has 2 N–H and O–H groups in total. The van der Waals surface area contributed by atoms with E-state index in [4.69, 9.17) is 4.74 Å². The lowest BCUT2D eigenvalue weighted by Gasteiger charge is -2.09. The van der Waals surface area contributed by atoms with E-state index < -0.39 is 5.97 Å². The van der Waals surface area contributed by atoms with Gasteiger partial charge in [0.2, 0.25) is 0 Å². The van der Waals surface area contributed by atoms with Crippen LogP contribution in [-0.4, -0.2) is 22.7 Å². The minimum Gasteiger partial charge on any atom is -0.493 e. The molecule has 0 bridgehead atoms. The number of aromatic carboxylic acids is 1. The molecule has 0 saturated carbocycles. The molecule has 5 aromatic rings. The van der Waals surface area contributed by atoms with Gasteiger partial charge in [-0.05, 0) is 47.1 Å². The average Bonchev–Trinajstić information content (AvgIpc) is 3.20. The van der Waals surface area contributed by atoms with Gasteiger partial charge in [-0.15, -0.1) is 0 Å². The van der Waals surface area contributed by atoms with Crippen LogP contribution >= 0.6 is 0 Å². The molecular weight excluding hydrogens is 398 g/mol. The van der Waals surface area contributed by atoms with Gasteiger partial charge in [0, 0.05) is 16.3 Å². The minimum atomic E-state index is -0.938. The van der Waals surface area contributed by atoms with Gasteiger partial charge in [0.15, 0.2) is 0 Å². The number of carboxylic acids is 1. The Morgan fingerprint density at radius 3 is 2.44 bits per heavy atom. The van der Waals surface area contributed by atoms with Crippen LogP contribution in [0.5, 0.6) is 5.75 Å².